The van der Waals surface area contributed by atoms with Gasteiger partial charge in [0, 0.05) is 11.1 Å². The van der Waals surface area contributed by atoms with Gasteiger partial charge in [-0.25, -0.2) is 4.39 Å². The maximum atomic E-state index is 14.0. The van der Waals surface area contributed by atoms with Crippen molar-refractivity contribution in [2.45, 2.75) is 12.8 Å². The molecule has 2 N–H and O–H groups in total. The number of phenols is 1. The molecule has 0 aliphatic rings. The number of carboxylic acid groups (broad SMARTS) is 1. The third-order valence-corrected chi connectivity index (χ3v) is 3.04. The molecule has 2 aromatic rings. The van der Waals surface area contributed by atoms with Crippen LogP contribution in [-0.4, -0.2) is 16.2 Å². The molecule has 0 heterocycles. The van der Waals surface area contributed by atoms with Crippen molar-refractivity contribution in [2.75, 3.05) is 0 Å². The third-order valence-electron chi connectivity index (χ3n) is 3.04. The lowest BCUT2D eigenvalue weighted by molar-refractivity contribution is -0.138. The molecule has 1 atom stereocenters. The highest BCUT2D eigenvalue weighted by Crippen LogP contribution is 2.33. The molecule has 0 amide bonds. The van der Waals surface area contributed by atoms with Crippen LogP contribution in [0.25, 0.3) is 11.1 Å². The van der Waals surface area contributed by atoms with Crippen LogP contribution in [0.4, 0.5) is 4.39 Å². The Kier molecular flexibility index (Phi) is 3.51. The van der Waals surface area contributed by atoms with Crippen molar-refractivity contribution in [2.24, 2.45) is 0 Å². The normalized spacial score (nSPS) is 12.1. The van der Waals surface area contributed by atoms with Crippen LogP contribution in [0, 0.1) is 5.82 Å². The Morgan fingerprint density at radius 1 is 1.21 bits per heavy atom. The Labute approximate surface area is 109 Å². The minimum Gasteiger partial charge on any atom is -0.508 e. The lowest BCUT2D eigenvalue weighted by Gasteiger charge is -2.12. The predicted octanol–water partition coefficient (Wildman–Crippen LogP) is 3.39. The number of rotatable bonds is 3. The zero-order valence-corrected chi connectivity index (χ0v) is 10.3. The van der Waals surface area contributed by atoms with Gasteiger partial charge in [-0.2, -0.15) is 0 Å². The van der Waals surface area contributed by atoms with E-state index in [0.29, 0.717) is 5.56 Å². The summed E-state index contributed by atoms with van der Waals surface area (Å²) in [5, 5.41) is 18.8. The van der Waals surface area contributed by atoms with Crippen LogP contribution in [0.5, 0.6) is 5.75 Å². The van der Waals surface area contributed by atoms with Crippen molar-refractivity contribution in [1.82, 2.24) is 0 Å². The molecule has 4 heteroatoms. The fourth-order valence-corrected chi connectivity index (χ4v) is 1.90. The van der Waals surface area contributed by atoms with Crippen LogP contribution < -0.4 is 0 Å². The zero-order chi connectivity index (χ0) is 14.0. The van der Waals surface area contributed by atoms with E-state index in [1.54, 1.807) is 24.3 Å². The lowest BCUT2D eigenvalue weighted by atomic mass is 9.96. The van der Waals surface area contributed by atoms with Gasteiger partial charge >= 0.3 is 5.97 Å². The van der Waals surface area contributed by atoms with Crippen LogP contribution >= 0.6 is 0 Å². The second-order valence-electron chi connectivity index (χ2n) is 4.32. The highest BCUT2D eigenvalue weighted by Gasteiger charge is 2.20. The van der Waals surface area contributed by atoms with Gasteiger partial charge in [-0.15, -0.1) is 0 Å². The number of halogens is 1. The van der Waals surface area contributed by atoms with E-state index in [9.17, 15) is 14.3 Å². The Morgan fingerprint density at radius 2 is 1.84 bits per heavy atom. The number of hydrogen-bond acceptors (Lipinski definition) is 2. The number of phenolic OH excluding ortho intramolecular Hbond substituents is 1. The Bertz CT molecular complexity index is 608. The van der Waals surface area contributed by atoms with Crippen molar-refractivity contribution >= 4 is 5.97 Å². The summed E-state index contributed by atoms with van der Waals surface area (Å²) >= 11 is 0. The number of aliphatic carboxylic acids is 1. The highest BCUT2D eigenvalue weighted by molar-refractivity contribution is 5.78. The van der Waals surface area contributed by atoms with Gasteiger partial charge in [-0.3, -0.25) is 4.79 Å². The van der Waals surface area contributed by atoms with E-state index in [4.69, 9.17) is 5.11 Å². The second kappa shape index (κ2) is 5.10. The first-order valence-electron chi connectivity index (χ1n) is 5.81. The van der Waals surface area contributed by atoms with E-state index in [1.807, 2.05) is 6.07 Å². The average molecular weight is 260 g/mol. The SMILES string of the molecule is CC(C(=O)O)c1cc(F)c(-c2ccccc2)cc1O. The van der Waals surface area contributed by atoms with E-state index in [2.05, 4.69) is 0 Å². The standard InChI is InChI=1S/C15H13FO3/c1-9(15(18)19)11-7-13(16)12(8-14(11)17)10-5-3-2-4-6-10/h2-9,17H,1H3,(H,18,19). The maximum Gasteiger partial charge on any atom is 0.310 e. The van der Waals surface area contributed by atoms with E-state index < -0.39 is 17.7 Å². The number of hydrogen-bond donors (Lipinski definition) is 2. The zero-order valence-electron chi connectivity index (χ0n) is 10.3. The van der Waals surface area contributed by atoms with E-state index in [-0.39, 0.29) is 16.9 Å². The first-order chi connectivity index (χ1) is 9.00. The molecule has 0 saturated heterocycles. The van der Waals surface area contributed by atoms with Crippen LogP contribution in [0.15, 0.2) is 42.5 Å². The van der Waals surface area contributed by atoms with Gasteiger partial charge in [0.05, 0.1) is 5.92 Å². The summed E-state index contributed by atoms with van der Waals surface area (Å²) in [4.78, 5) is 10.9. The number of carboxylic acids is 1. The van der Waals surface area contributed by atoms with E-state index in [0.717, 1.165) is 6.07 Å². The Balaban J connectivity index is 2.52. The molecule has 98 valence electrons. The first kappa shape index (κ1) is 13.1. The minimum absolute atomic E-state index is 0.0738. The van der Waals surface area contributed by atoms with Crippen molar-refractivity contribution in [3.8, 4) is 16.9 Å². The van der Waals surface area contributed by atoms with Crippen LogP contribution in [-0.2, 0) is 4.79 Å². The molecule has 0 aliphatic heterocycles. The van der Waals surface area contributed by atoms with Gasteiger partial charge in [-0.1, -0.05) is 30.3 Å². The molecule has 0 aliphatic carbocycles. The second-order valence-corrected chi connectivity index (χ2v) is 4.32. The van der Waals surface area contributed by atoms with Crippen LogP contribution in [0.3, 0.4) is 0 Å². The molecule has 0 fully saturated rings. The molecule has 2 aromatic carbocycles. The summed E-state index contributed by atoms with van der Waals surface area (Å²) in [6.45, 7) is 1.40. The summed E-state index contributed by atoms with van der Waals surface area (Å²) in [7, 11) is 0. The summed E-state index contributed by atoms with van der Waals surface area (Å²) in [6, 6.07) is 11.1. The van der Waals surface area contributed by atoms with Gasteiger partial charge in [0.25, 0.3) is 0 Å². The molecule has 0 spiro atoms. The molecular weight excluding hydrogens is 247 g/mol. The van der Waals surface area contributed by atoms with Gasteiger partial charge in [-0.05, 0) is 24.6 Å². The quantitative estimate of drug-likeness (QED) is 0.889. The predicted molar refractivity (Wildman–Crippen MR) is 69.6 cm³/mol. The smallest absolute Gasteiger partial charge is 0.310 e. The third kappa shape index (κ3) is 2.57. The maximum absolute atomic E-state index is 14.0. The monoisotopic (exact) mass is 260 g/mol. The summed E-state index contributed by atoms with van der Waals surface area (Å²) in [5.74, 6) is -2.83. The highest BCUT2D eigenvalue weighted by atomic mass is 19.1. The molecular formula is C15H13FO3. The van der Waals surface area contributed by atoms with Gasteiger partial charge in [0.1, 0.15) is 11.6 Å². The molecule has 0 saturated carbocycles. The summed E-state index contributed by atoms with van der Waals surface area (Å²) < 4.78 is 14.0. The molecule has 0 bridgehead atoms. The van der Waals surface area contributed by atoms with Crippen molar-refractivity contribution in [1.29, 1.82) is 0 Å². The van der Waals surface area contributed by atoms with Gasteiger partial charge in [0.15, 0.2) is 0 Å². The van der Waals surface area contributed by atoms with E-state index >= 15 is 0 Å². The first-order valence-corrected chi connectivity index (χ1v) is 5.81. The fraction of sp³-hybridized carbons (Fsp3) is 0.133. The topological polar surface area (TPSA) is 57.5 Å². The average Bonchev–Trinajstić information content (AvgIpc) is 2.41. The number of carbonyl (C=O) groups is 1. The van der Waals surface area contributed by atoms with Crippen LogP contribution in [0.2, 0.25) is 0 Å². The number of aromatic hydroxyl groups is 1. The Hall–Kier alpha value is -2.36. The summed E-state index contributed by atoms with van der Waals surface area (Å²) in [5.41, 5.74) is 0.953. The minimum atomic E-state index is -1.11. The van der Waals surface area contributed by atoms with Crippen LogP contribution in [0.1, 0.15) is 18.4 Å². The molecule has 0 radical (unpaired) electrons. The molecule has 1 unspecified atom stereocenters. The molecule has 3 nitrogen and oxygen atoms in total. The summed E-state index contributed by atoms with van der Waals surface area (Å²) in [6.07, 6.45) is 0. The van der Waals surface area contributed by atoms with Crippen molar-refractivity contribution in [3.05, 3.63) is 53.8 Å². The van der Waals surface area contributed by atoms with E-state index in [1.165, 1.54) is 13.0 Å². The fourth-order valence-electron chi connectivity index (χ4n) is 1.90. The lowest BCUT2D eigenvalue weighted by Crippen LogP contribution is -2.08. The molecule has 2 rings (SSSR count). The van der Waals surface area contributed by atoms with Gasteiger partial charge < -0.3 is 10.2 Å². The molecule has 0 aromatic heterocycles. The largest absolute Gasteiger partial charge is 0.508 e. The Morgan fingerprint density at radius 3 is 2.42 bits per heavy atom. The van der Waals surface area contributed by atoms with Crippen molar-refractivity contribution in [3.63, 3.8) is 0 Å². The molecule has 19 heavy (non-hydrogen) atoms. The van der Waals surface area contributed by atoms with Crippen molar-refractivity contribution < 1.29 is 19.4 Å². The van der Waals surface area contributed by atoms with Gasteiger partial charge in [0.2, 0.25) is 0 Å². The number of benzene rings is 2.